The van der Waals surface area contributed by atoms with Crippen LogP contribution in [0.2, 0.25) is 0 Å². The molecule has 0 saturated carbocycles. The fourth-order valence-corrected chi connectivity index (χ4v) is 1.60. The Morgan fingerprint density at radius 3 is 2.69 bits per heavy atom. The van der Waals surface area contributed by atoms with Crippen LogP contribution in [0.3, 0.4) is 0 Å². The second-order valence-corrected chi connectivity index (χ2v) is 3.92. The van der Waals surface area contributed by atoms with Gasteiger partial charge in [0.1, 0.15) is 11.3 Å². The topological polar surface area (TPSA) is 70.2 Å². The van der Waals surface area contributed by atoms with Crippen molar-refractivity contribution in [3.63, 3.8) is 0 Å². The lowest BCUT2D eigenvalue weighted by Crippen LogP contribution is -2.18. The third-order valence-electron chi connectivity index (χ3n) is 2.43. The summed E-state index contributed by atoms with van der Waals surface area (Å²) in [6.07, 6.45) is 3.04. The van der Waals surface area contributed by atoms with Crippen molar-refractivity contribution in [2.24, 2.45) is 0 Å². The SMILES string of the molecule is CCCCCC(=O)c1c(O)cc(C)[nH]c1=O. The number of carbonyl (C=O) groups is 1. The lowest BCUT2D eigenvalue weighted by Gasteiger charge is -2.03. The van der Waals surface area contributed by atoms with Crippen LogP contribution < -0.4 is 5.56 Å². The van der Waals surface area contributed by atoms with E-state index in [2.05, 4.69) is 4.98 Å². The van der Waals surface area contributed by atoms with E-state index in [1.165, 1.54) is 6.07 Å². The lowest BCUT2D eigenvalue weighted by atomic mass is 10.1. The Bertz CT molecular complexity index is 434. The summed E-state index contributed by atoms with van der Waals surface area (Å²) in [5.74, 6) is -0.505. The Morgan fingerprint density at radius 2 is 2.12 bits per heavy atom. The standard InChI is InChI=1S/C12H17NO3/c1-3-4-5-6-9(14)11-10(15)7-8(2)13-12(11)16/h7H,3-6H2,1-2H3,(H2,13,15,16). The molecule has 0 atom stereocenters. The van der Waals surface area contributed by atoms with E-state index in [1.807, 2.05) is 6.92 Å². The molecule has 0 aliphatic carbocycles. The maximum atomic E-state index is 11.7. The minimum Gasteiger partial charge on any atom is -0.507 e. The van der Waals surface area contributed by atoms with E-state index in [4.69, 9.17) is 0 Å². The Kier molecular flexibility index (Phi) is 4.28. The molecule has 0 saturated heterocycles. The van der Waals surface area contributed by atoms with Gasteiger partial charge in [0.15, 0.2) is 5.78 Å². The number of aromatic amines is 1. The van der Waals surface area contributed by atoms with Crippen LogP contribution in [-0.4, -0.2) is 15.9 Å². The lowest BCUT2D eigenvalue weighted by molar-refractivity contribution is 0.0975. The highest BCUT2D eigenvalue weighted by atomic mass is 16.3. The molecule has 1 aromatic heterocycles. The van der Waals surface area contributed by atoms with Gasteiger partial charge >= 0.3 is 0 Å². The Hall–Kier alpha value is -1.58. The molecule has 0 fully saturated rings. The summed E-state index contributed by atoms with van der Waals surface area (Å²) >= 11 is 0. The van der Waals surface area contributed by atoms with Gasteiger partial charge in [-0.15, -0.1) is 0 Å². The first-order valence-electron chi connectivity index (χ1n) is 5.52. The largest absolute Gasteiger partial charge is 0.507 e. The van der Waals surface area contributed by atoms with Gasteiger partial charge in [-0.3, -0.25) is 9.59 Å². The van der Waals surface area contributed by atoms with E-state index in [-0.39, 0.29) is 17.1 Å². The maximum absolute atomic E-state index is 11.7. The molecule has 1 heterocycles. The molecule has 4 nitrogen and oxygen atoms in total. The van der Waals surface area contributed by atoms with E-state index >= 15 is 0 Å². The summed E-state index contributed by atoms with van der Waals surface area (Å²) in [4.78, 5) is 25.7. The molecule has 16 heavy (non-hydrogen) atoms. The number of ketones is 1. The van der Waals surface area contributed by atoms with Crippen LogP contribution >= 0.6 is 0 Å². The van der Waals surface area contributed by atoms with Crippen molar-refractivity contribution in [2.45, 2.75) is 39.5 Å². The number of rotatable bonds is 5. The molecular formula is C12H17NO3. The van der Waals surface area contributed by atoms with Crippen LogP contribution in [0.4, 0.5) is 0 Å². The molecule has 0 spiro atoms. The molecule has 0 amide bonds. The van der Waals surface area contributed by atoms with Crippen LogP contribution in [0.25, 0.3) is 0 Å². The van der Waals surface area contributed by atoms with E-state index < -0.39 is 5.56 Å². The van der Waals surface area contributed by atoms with Crippen LogP contribution in [0, 0.1) is 6.92 Å². The Labute approximate surface area is 94.3 Å². The average molecular weight is 223 g/mol. The molecule has 0 aliphatic rings. The van der Waals surface area contributed by atoms with Gasteiger partial charge in [0.25, 0.3) is 5.56 Å². The summed E-state index contributed by atoms with van der Waals surface area (Å²) in [7, 11) is 0. The van der Waals surface area contributed by atoms with E-state index in [0.29, 0.717) is 12.1 Å². The fourth-order valence-electron chi connectivity index (χ4n) is 1.60. The zero-order valence-electron chi connectivity index (χ0n) is 9.67. The van der Waals surface area contributed by atoms with E-state index in [1.54, 1.807) is 6.92 Å². The van der Waals surface area contributed by atoms with Crippen molar-refractivity contribution in [3.05, 3.63) is 27.7 Å². The van der Waals surface area contributed by atoms with Crippen molar-refractivity contribution >= 4 is 5.78 Å². The molecule has 0 aromatic carbocycles. The van der Waals surface area contributed by atoms with Gasteiger partial charge in [0.2, 0.25) is 0 Å². The van der Waals surface area contributed by atoms with Gasteiger partial charge in [-0.2, -0.15) is 0 Å². The molecule has 4 heteroatoms. The van der Waals surface area contributed by atoms with Crippen molar-refractivity contribution in [1.82, 2.24) is 4.98 Å². The first-order valence-corrected chi connectivity index (χ1v) is 5.52. The van der Waals surface area contributed by atoms with E-state index in [9.17, 15) is 14.7 Å². The number of pyridine rings is 1. The number of aromatic hydroxyl groups is 1. The zero-order valence-corrected chi connectivity index (χ0v) is 9.67. The number of nitrogens with one attached hydrogen (secondary N) is 1. The molecule has 0 aliphatic heterocycles. The highest BCUT2D eigenvalue weighted by Crippen LogP contribution is 2.16. The maximum Gasteiger partial charge on any atom is 0.262 e. The van der Waals surface area contributed by atoms with Crippen molar-refractivity contribution in [3.8, 4) is 5.75 Å². The summed E-state index contributed by atoms with van der Waals surface area (Å²) in [6, 6.07) is 1.40. The summed E-state index contributed by atoms with van der Waals surface area (Å²) in [5, 5.41) is 9.56. The first-order chi connectivity index (χ1) is 7.56. The Balaban J connectivity index is 2.87. The van der Waals surface area contributed by atoms with Crippen LogP contribution in [0.1, 0.15) is 48.7 Å². The van der Waals surface area contributed by atoms with Gasteiger partial charge in [-0.05, 0) is 19.4 Å². The van der Waals surface area contributed by atoms with Gasteiger partial charge in [-0.1, -0.05) is 19.8 Å². The fraction of sp³-hybridized carbons (Fsp3) is 0.500. The Morgan fingerprint density at radius 1 is 1.44 bits per heavy atom. The van der Waals surface area contributed by atoms with Crippen LogP contribution in [-0.2, 0) is 0 Å². The molecule has 1 aromatic rings. The average Bonchev–Trinajstić information content (AvgIpc) is 2.16. The smallest absolute Gasteiger partial charge is 0.262 e. The third-order valence-corrected chi connectivity index (χ3v) is 2.43. The van der Waals surface area contributed by atoms with Crippen molar-refractivity contribution < 1.29 is 9.90 Å². The summed E-state index contributed by atoms with van der Waals surface area (Å²) in [6.45, 7) is 3.70. The monoisotopic (exact) mass is 223 g/mol. The van der Waals surface area contributed by atoms with Gasteiger partial charge in [0.05, 0.1) is 0 Å². The number of unbranched alkanes of at least 4 members (excludes halogenated alkanes) is 2. The van der Waals surface area contributed by atoms with Gasteiger partial charge in [0, 0.05) is 12.1 Å². The number of aromatic nitrogens is 1. The number of hydrogen-bond acceptors (Lipinski definition) is 3. The molecule has 2 N–H and O–H groups in total. The highest BCUT2D eigenvalue weighted by Gasteiger charge is 2.15. The molecule has 1 rings (SSSR count). The number of hydrogen-bond donors (Lipinski definition) is 2. The number of aryl methyl sites for hydroxylation is 1. The second kappa shape index (κ2) is 5.49. The van der Waals surface area contributed by atoms with Crippen LogP contribution in [0.5, 0.6) is 5.75 Å². The summed E-state index contributed by atoms with van der Waals surface area (Å²) in [5.41, 5.74) is -0.0618. The number of carbonyl (C=O) groups excluding carboxylic acids is 1. The minimum atomic E-state index is -0.501. The first kappa shape index (κ1) is 12.5. The molecule has 88 valence electrons. The number of Topliss-reactive ketones (excluding diaryl/α,β-unsaturated/α-hetero) is 1. The summed E-state index contributed by atoms with van der Waals surface area (Å²) < 4.78 is 0. The van der Waals surface area contributed by atoms with Crippen molar-refractivity contribution in [2.75, 3.05) is 0 Å². The van der Waals surface area contributed by atoms with Gasteiger partial charge in [-0.25, -0.2) is 0 Å². The minimum absolute atomic E-state index is 0.110. The highest BCUT2D eigenvalue weighted by molar-refractivity contribution is 5.98. The second-order valence-electron chi connectivity index (χ2n) is 3.92. The number of H-pyrrole nitrogens is 1. The predicted molar refractivity (Wildman–Crippen MR) is 61.9 cm³/mol. The predicted octanol–water partition coefficient (Wildman–Crippen LogP) is 2.15. The van der Waals surface area contributed by atoms with E-state index in [0.717, 1.165) is 19.3 Å². The third kappa shape index (κ3) is 2.95. The van der Waals surface area contributed by atoms with Gasteiger partial charge < -0.3 is 10.1 Å². The zero-order chi connectivity index (χ0) is 12.1. The quantitative estimate of drug-likeness (QED) is 0.593. The molecular weight excluding hydrogens is 206 g/mol. The molecule has 0 radical (unpaired) electrons. The van der Waals surface area contributed by atoms with Crippen molar-refractivity contribution in [1.29, 1.82) is 0 Å². The van der Waals surface area contributed by atoms with Crippen LogP contribution in [0.15, 0.2) is 10.9 Å². The normalized spacial score (nSPS) is 10.4. The molecule has 0 unspecified atom stereocenters. The molecule has 0 bridgehead atoms.